The van der Waals surface area contributed by atoms with E-state index in [1.165, 1.54) is 16.4 Å². The molecule has 4 rings (SSSR count). The third-order valence-electron chi connectivity index (χ3n) is 6.30. The molecule has 1 heterocycles. The van der Waals surface area contributed by atoms with Crippen molar-refractivity contribution in [2.24, 2.45) is 5.73 Å². The second-order valence-corrected chi connectivity index (χ2v) is 10.9. The Morgan fingerprint density at radius 3 is 2.26 bits per heavy atom. The largest absolute Gasteiger partial charge is 0.384 e. The topological polar surface area (TPSA) is 138 Å². The van der Waals surface area contributed by atoms with Crippen molar-refractivity contribution in [3.8, 4) is 0 Å². The first-order valence-electron chi connectivity index (χ1n) is 12.0. The number of hydrogen-bond donors (Lipinski definition) is 3. The summed E-state index contributed by atoms with van der Waals surface area (Å²) in [5, 5.41) is 8.24. The average Bonchev–Trinajstić information content (AvgIpc) is 3.31. The van der Waals surface area contributed by atoms with Crippen molar-refractivity contribution in [1.82, 2.24) is 9.29 Å². The number of fused-ring (bicyclic) bond motifs is 1. The molecule has 0 saturated carbocycles. The highest BCUT2D eigenvalue weighted by Gasteiger charge is 2.30. The van der Waals surface area contributed by atoms with Gasteiger partial charge in [-0.25, -0.2) is 13.1 Å². The van der Waals surface area contributed by atoms with Gasteiger partial charge in [-0.15, -0.1) is 0 Å². The Hall–Kier alpha value is -4.28. The van der Waals surface area contributed by atoms with Crippen molar-refractivity contribution < 1.29 is 18.0 Å². The number of nitrogens with one attached hydrogen (secondary N) is 2. The lowest BCUT2D eigenvalue weighted by atomic mass is 10.1. The second-order valence-electron chi connectivity index (χ2n) is 8.85. The number of benzene rings is 3. The minimum atomic E-state index is -3.74. The first-order chi connectivity index (χ1) is 18.1. The lowest BCUT2D eigenvalue weighted by Gasteiger charge is -2.22. The number of sulfonamides is 1. The van der Waals surface area contributed by atoms with Gasteiger partial charge < -0.3 is 10.6 Å². The number of carbonyl (C=O) groups is 2. The molecule has 4 N–H and O–H groups in total. The van der Waals surface area contributed by atoms with Gasteiger partial charge in [0.25, 0.3) is 5.91 Å². The molecule has 0 aliphatic rings. The number of nitrogens with two attached hydrogens (primary N) is 1. The van der Waals surface area contributed by atoms with E-state index in [4.69, 9.17) is 11.1 Å². The SMILES string of the molecule is CCS(=O)(=O)N[C@H](Cc1ccccc1)C(=O)n1c(C(=O)N(C)c2ccc(C(=N)N)cc2)cc2ccccc21. The lowest BCUT2D eigenvalue weighted by molar-refractivity contribution is 0.0855. The summed E-state index contributed by atoms with van der Waals surface area (Å²) >= 11 is 0. The van der Waals surface area contributed by atoms with Gasteiger partial charge in [-0.2, -0.15) is 0 Å². The van der Waals surface area contributed by atoms with Gasteiger partial charge in [-0.3, -0.25) is 19.6 Å². The van der Waals surface area contributed by atoms with Crippen molar-refractivity contribution in [2.45, 2.75) is 19.4 Å². The van der Waals surface area contributed by atoms with E-state index in [9.17, 15) is 18.0 Å². The Kier molecular flexibility index (Phi) is 7.75. The number of hydrogen-bond acceptors (Lipinski definition) is 5. The molecule has 0 aliphatic heterocycles. The number of nitrogens with zero attached hydrogens (tertiary/aromatic N) is 2. The van der Waals surface area contributed by atoms with Crippen molar-refractivity contribution in [2.75, 3.05) is 17.7 Å². The number of rotatable bonds is 9. The van der Waals surface area contributed by atoms with Crippen LogP contribution in [0.25, 0.3) is 10.9 Å². The van der Waals surface area contributed by atoms with E-state index in [0.717, 1.165) is 5.56 Å². The molecule has 1 atom stereocenters. The summed E-state index contributed by atoms with van der Waals surface area (Å²) in [4.78, 5) is 29.2. The molecule has 9 nitrogen and oxygen atoms in total. The van der Waals surface area contributed by atoms with Gasteiger partial charge in [0.1, 0.15) is 17.6 Å². The third-order valence-corrected chi connectivity index (χ3v) is 7.71. The minimum absolute atomic E-state index is 0.0877. The van der Waals surface area contributed by atoms with E-state index in [2.05, 4.69) is 4.72 Å². The molecule has 3 aromatic carbocycles. The molecule has 4 aromatic rings. The number of amides is 1. The van der Waals surface area contributed by atoms with Gasteiger partial charge in [0.2, 0.25) is 15.9 Å². The quantitative estimate of drug-likeness (QED) is 0.224. The van der Waals surface area contributed by atoms with Crippen LogP contribution in [0.4, 0.5) is 5.69 Å². The van der Waals surface area contributed by atoms with Crippen LogP contribution in [0.5, 0.6) is 0 Å². The predicted molar refractivity (Wildman–Crippen MR) is 149 cm³/mol. The van der Waals surface area contributed by atoms with E-state index in [1.807, 2.05) is 30.3 Å². The smallest absolute Gasteiger partial charge is 0.275 e. The first-order valence-corrected chi connectivity index (χ1v) is 13.7. The fourth-order valence-electron chi connectivity index (χ4n) is 4.19. The van der Waals surface area contributed by atoms with E-state index in [0.29, 0.717) is 22.2 Å². The molecule has 0 radical (unpaired) electrons. The zero-order valence-electron chi connectivity index (χ0n) is 21.1. The van der Waals surface area contributed by atoms with Crippen LogP contribution in [-0.4, -0.2) is 49.5 Å². The Labute approximate surface area is 221 Å². The summed E-state index contributed by atoms with van der Waals surface area (Å²) in [6.45, 7) is 1.50. The number of nitrogen functional groups attached to an aromatic ring is 1. The zero-order valence-corrected chi connectivity index (χ0v) is 21.9. The number of carbonyl (C=O) groups excluding carboxylic acids is 2. The zero-order chi connectivity index (χ0) is 27.4. The highest BCUT2D eigenvalue weighted by atomic mass is 32.2. The highest BCUT2D eigenvalue weighted by Crippen LogP contribution is 2.24. The van der Waals surface area contributed by atoms with Crippen LogP contribution in [0.1, 0.15) is 33.3 Å². The molecule has 38 heavy (non-hydrogen) atoms. The van der Waals surface area contributed by atoms with Gasteiger partial charge in [0.05, 0.1) is 11.3 Å². The Morgan fingerprint density at radius 2 is 1.63 bits per heavy atom. The minimum Gasteiger partial charge on any atom is -0.384 e. The lowest BCUT2D eigenvalue weighted by Crippen LogP contribution is -2.46. The Balaban J connectivity index is 1.78. The van der Waals surface area contributed by atoms with Gasteiger partial charge in [0, 0.05) is 23.7 Å². The second kappa shape index (κ2) is 11.0. The monoisotopic (exact) mass is 531 g/mol. The Morgan fingerprint density at radius 1 is 1.00 bits per heavy atom. The average molecular weight is 532 g/mol. The normalized spacial score (nSPS) is 12.3. The summed E-state index contributed by atoms with van der Waals surface area (Å²) in [5.74, 6) is -1.30. The highest BCUT2D eigenvalue weighted by molar-refractivity contribution is 7.89. The van der Waals surface area contributed by atoms with E-state index in [1.54, 1.807) is 61.6 Å². The van der Waals surface area contributed by atoms with Crippen molar-refractivity contribution >= 4 is 44.3 Å². The maximum atomic E-state index is 14.0. The summed E-state index contributed by atoms with van der Waals surface area (Å²) in [6, 6.07) is 23.3. The maximum absolute atomic E-state index is 14.0. The fourth-order valence-corrected chi connectivity index (χ4v) is 4.97. The molecular weight excluding hydrogens is 502 g/mol. The summed E-state index contributed by atoms with van der Waals surface area (Å²) in [5.41, 5.74) is 7.97. The molecular formula is C28H29N5O4S. The molecule has 0 bridgehead atoms. The number of aromatic nitrogens is 1. The molecule has 1 aromatic heterocycles. The van der Waals surface area contributed by atoms with E-state index < -0.39 is 27.9 Å². The third kappa shape index (κ3) is 5.66. The summed E-state index contributed by atoms with van der Waals surface area (Å²) < 4.78 is 28.9. The molecule has 10 heteroatoms. The van der Waals surface area contributed by atoms with Gasteiger partial charge in [0.15, 0.2) is 0 Å². The van der Waals surface area contributed by atoms with Gasteiger partial charge in [-0.05, 0) is 55.3 Å². The predicted octanol–water partition coefficient (Wildman–Crippen LogP) is 3.39. The fraction of sp³-hybridized carbons (Fsp3) is 0.179. The maximum Gasteiger partial charge on any atom is 0.275 e. The van der Waals surface area contributed by atoms with Crippen molar-refractivity contribution in [3.63, 3.8) is 0 Å². The molecule has 0 unspecified atom stereocenters. The first kappa shape index (κ1) is 26.8. The van der Waals surface area contributed by atoms with E-state index in [-0.39, 0.29) is 23.7 Å². The molecule has 0 saturated heterocycles. The van der Waals surface area contributed by atoms with Crippen LogP contribution in [-0.2, 0) is 16.4 Å². The van der Waals surface area contributed by atoms with Gasteiger partial charge in [-0.1, -0.05) is 48.5 Å². The van der Waals surface area contributed by atoms with Crippen LogP contribution >= 0.6 is 0 Å². The molecule has 0 fully saturated rings. The molecule has 1 amide bonds. The van der Waals surface area contributed by atoms with Crippen molar-refractivity contribution in [3.05, 3.63) is 102 Å². The van der Waals surface area contributed by atoms with Crippen LogP contribution < -0.4 is 15.4 Å². The standard InChI is InChI=1S/C28H29N5O4S/c1-3-38(36,37)31-23(17-19-9-5-4-6-10-19)27(34)33-24-12-8-7-11-21(24)18-25(33)28(35)32(2)22-15-13-20(14-16-22)26(29)30/h4-16,18,23,31H,3,17H2,1-2H3,(H3,29,30)/t23-/m1/s1. The van der Waals surface area contributed by atoms with Crippen molar-refractivity contribution in [1.29, 1.82) is 5.41 Å². The summed E-state index contributed by atoms with van der Waals surface area (Å²) in [6.07, 6.45) is 0.112. The van der Waals surface area contributed by atoms with Crippen LogP contribution in [0, 0.1) is 5.41 Å². The molecule has 0 aliphatic carbocycles. The number of amidine groups is 1. The van der Waals surface area contributed by atoms with Gasteiger partial charge >= 0.3 is 0 Å². The van der Waals surface area contributed by atoms with Crippen LogP contribution in [0.15, 0.2) is 84.9 Å². The molecule has 0 spiro atoms. The molecule has 196 valence electrons. The van der Waals surface area contributed by atoms with Crippen LogP contribution in [0.2, 0.25) is 0 Å². The van der Waals surface area contributed by atoms with Crippen LogP contribution in [0.3, 0.4) is 0 Å². The number of anilines is 1. The number of para-hydroxylation sites is 1. The Bertz CT molecular complexity index is 1600. The summed E-state index contributed by atoms with van der Waals surface area (Å²) in [7, 11) is -2.16. The van der Waals surface area contributed by atoms with E-state index >= 15 is 0 Å².